The van der Waals surface area contributed by atoms with Gasteiger partial charge >= 0.3 is 0 Å². The molecule has 4 heteroatoms. The van der Waals surface area contributed by atoms with Crippen molar-refractivity contribution in [1.29, 1.82) is 0 Å². The van der Waals surface area contributed by atoms with E-state index in [0.29, 0.717) is 16.5 Å². The average Bonchev–Trinajstić information content (AvgIpc) is 2.44. The summed E-state index contributed by atoms with van der Waals surface area (Å²) in [7, 11) is 0. The molecule has 0 bridgehead atoms. The Bertz CT molecular complexity index is 462. The molecule has 2 aromatic rings. The fourth-order valence-electron chi connectivity index (χ4n) is 1.18. The summed E-state index contributed by atoms with van der Waals surface area (Å²) in [5.74, 6) is 0. The molecular formula is C9H6FNO2. The summed E-state index contributed by atoms with van der Waals surface area (Å²) >= 11 is 0. The van der Waals surface area contributed by atoms with Gasteiger partial charge in [0.05, 0.1) is 6.21 Å². The highest BCUT2D eigenvalue weighted by atomic mass is 19.1. The van der Waals surface area contributed by atoms with Crippen molar-refractivity contribution in [2.75, 3.05) is 0 Å². The van der Waals surface area contributed by atoms with Crippen molar-refractivity contribution in [3.05, 3.63) is 35.8 Å². The lowest BCUT2D eigenvalue weighted by molar-refractivity contribution is 0.322. The number of fused-ring (bicyclic) bond motifs is 1. The molecule has 0 aliphatic heterocycles. The van der Waals surface area contributed by atoms with Crippen LogP contribution >= 0.6 is 0 Å². The first-order valence-electron chi connectivity index (χ1n) is 3.66. The smallest absolute Gasteiger partial charge is 0.278 e. The van der Waals surface area contributed by atoms with E-state index in [2.05, 4.69) is 5.16 Å². The maximum atomic E-state index is 12.6. The molecule has 0 saturated heterocycles. The Morgan fingerprint density at radius 1 is 1.38 bits per heavy atom. The molecule has 0 aliphatic carbocycles. The van der Waals surface area contributed by atoms with E-state index in [9.17, 15) is 4.39 Å². The van der Waals surface area contributed by atoms with Crippen molar-refractivity contribution in [3.8, 4) is 0 Å². The molecule has 3 nitrogen and oxygen atoms in total. The summed E-state index contributed by atoms with van der Waals surface area (Å²) in [5.41, 5.74) is 1.17. The summed E-state index contributed by atoms with van der Waals surface area (Å²) in [5, 5.41) is 11.8. The molecule has 1 heterocycles. The van der Waals surface area contributed by atoms with Gasteiger partial charge in [-0.1, -0.05) is 5.16 Å². The van der Waals surface area contributed by atoms with Gasteiger partial charge in [0, 0.05) is 11.5 Å². The minimum absolute atomic E-state index is 0.479. The largest absolute Gasteiger partial charge is 0.431 e. The van der Waals surface area contributed by atoms with Crippen molar-refractivity contribution < 1.29 is 14.0 Å². The number of nitrogens with zero attached hydrogens (tertiary/aromatic N) is 1. The summed E-state index contributed by atoms with van der Waals surface area (Å²) in [6, 6.07) is 5.62. The minimum Gasteiger partial charge on any atom is -0.431 e. The van der Waals surface area contributed by atoms with Gasteiger partial charge in [-0.3, -0.25) is 0 Å². The number of hydrogen-bond acceptors (Lipinski definition) is 3. The van der Waals surface area contributed by atoms with Crippen LogP contribution in [0.2, 0.25) is 0 Å². The zero-order valence-corrected chi connectivity index (χ0v) is 6.57. The Hall–Kier alpha value is -1.84. The van der Waals surface area contributed by atoms with Gasteiger partial charge in [-0.2, -0.15) is 4.39 Å². The zero-order valence-electron chi connectivity index (χ0n) is 6.57. The first-order chi connectivity index (χ1) is 6.29. The van der Waals surface area contributed by atoms with E-state index < -0.39 is 6.01 Å². The second-order valence-corrected chi connectivity index (χ2v) is 2.59. The maximum absolute atomic E-state index is 12.6. The third-order valence-electron chi connectivity index (χ3n) is 1.72. The first-order valence-corrected chi connectivity index (χ1v) is 3.66. The molecule has 0 atom stereocenters. The highest BCUT2D eigenvalue weighted by Crippen LogP contribution is 2.18. The standard InChI is InChI=1S/C9H6FNO2/c10-9-4-7-3-6(5-11-12)1-2-8(7)13-9/h1-5,12H/b11-5+. The van der Waals surface area contributed by atoms with Crippen LogP contribution in [0.15, 0.2) is 33.8 Å². The van der Waals surface area contributed by atoms with E-state index in [1.807, 2.05) is 0 Å². The molecule has 1 aromatic carbocycles. The van der Waals surface area contributed by atoms with Crippen molar-refractivity contribution in [3.63, 3.8) is 0 Å². The molecule has 0 saturated carbocycles. The average molecular weight is 179 g/mol. The van der Waals surface area contributed by atoms with E-state index in [4.69, 9.17) is 9.62 Å². The third-order valence-corrected chi connectivity index (χ3v) is 1.72. The van der Waals surface area contributed by atoms with E-state index in [0.717, 1.165) is 0 Å². The highest BCUT2D eigenvalue weighted by molar-refractivity contribution is 5.87. The summed E-state index contributed by atoms with van der Waals surface area (Å²) in [6.07, 6.45) is 1.27. The van der Waals surface area contributed by atoms with E-state index in [-0.39, 0.29) is 0 Å². The number of benzene rings is 1. The number of hydrogen-bond donors (Lipinski definition) is 1. The molecular weight excluding hydrogens is 173 g/mol. The van der Waals surface area contributed by atoms with Crippen LogP contribution in [0.4, 0.5) is 4.39 Å². The molecule has 2 rings (SSSR count). The second-order valence-electron chi connectivity index (χ2n) is 2.59. The molecule has 0 fully saturated rings. The number of oxime groups is 1. The van der Waals surface area contributed by atoms with Crippen LogP contribution in [0, 0.1) is 6.01 Å². The zero-order chi connectivity index (χ0) is 9.26. The Kier molecular flexibility index (Phi) is 1.73. The van der Waals surface area contributed by atoms with Gasteiger partial charge in [0.2, 0.25) is 0 Å². The Labute approximate surface area is 73.1 Å². The quantitative estimate of drug-likeness (QED) is 0.415. The SMILES string of the molecule is O/N=C/c1ccc2oc(F)cc2c1. The van der Waals surface area contributed by atoms with Gasteiger partial charge in [-0.05, 0) is 23.8 Å². The van der Waals surface area contributed by atoms with E-state index in [1.165, 1.54) is 12.3 Å². The van der Waals surface area contributed by atoms with E-state index >= 15 is 0 Å². The molecule has 1 N–H and O–H groups in total. The molecule has 0 spiro atoms. The van der Waals surface area contributed by atoms with E-state index in [1.54, 1.807) is 18.2 Å². The molecule has 1 aromatic heterocycles. The first kappa shape index (κ1) is 7.79. The van der Waals surface area contributed by atoms with Crippen molar-refractivity contribution in [2.24, 2.45) is 5.16 Å². The Balaban J connectivity index is 2.61. The topological polar surface area (TPSA) is 45.7 Å². The lowest BCUT2D eigenvalue weighted by Gasteiger charge is -1.90. The number of rotatable bonds is 1. The van der Waals surface area contributed by atoms with Gasteiger partial charge in [0.1, 0.15) is 5.58 Å². The van der Waals surface area contributed by atoms with Crippen molar-refractivity contribution >= 4 is 17.2 Å². The second kappa shape index (κ2) is 2.90. The lowest BCUT2D eigenvalue weighted by Crippen LogP contribution is -1.78. The van der Waals surface area contributed by atoms with Gasteiger partial charge in [0.25, 0.3) is 6.01 Å². The summed E-state index contributed by atoms with van der Waals surface area (Å²) < 4.78 is 17.3. The van der Waals surface area contributed by atoms with Crippen LogP contribution in [-0.2, 0) is 0 Å². The van der Waals surface area contributed by atoms with Crippen LogP contribution in [0.25, 0.3) is 11.0 Å². The summed E-state index contributed by atoms with van der Waals surface area (Å²) in [4.78, 5) is 0. The molecule has 0 radical (unpaired) electrons. The number of furan rings is 1. The predicted molar refractivity (Wildman–Crippen MR) is 45.6 cm³/mol. The van der Waals surface area contributed by atoms with Crippen LogP contribution < -0.4 is 0 Å². The van der Waals surface area contributed by atoms with Crippen molar-refractivity contribution in [1.82, 2.24) is 0 Å². The Morgan fingerprint density at radius 2 is 2.23 bits per heavy atom. The van der Waals surface area contributed by atoms with Crippen molar-refractivity contribution in [2.45, 2.75) is 0 Å². The molecule has 0 unspecified atom stereocenters. The fourth-order valence-corrected chi connectivity index (χ4v) is 1.18. The van der Waals surface area contributed by atoms with Gasteiger partial charge < -0.3 is 9.62 Å². The normalized spacial score (nSPS) is 11.5. The molecule has 66 valence electrons. The van der Waals surface area contributed by atoms with Gasteiger partial charge in [-0.25, -0.2) is 0 Å². The Morgan fingerprint density at radius 3 is 3.00 bits per heavy atom. The van der Waals surface area contributed by atoms with Crippen LogP contribution in [0.5, 0.6) is 0 Å². The lowest BCUT2D eigenvalue weighted by atomic mass is 10.2. The van der Waals surface area contributed by atoms with Crippen LogP contribution in [-0.4, -0.2) is 11.4 Å². The van der Waals surface area contributed by atoms with Gasteiger partial charge in [-0.15, -0.1) is 0 Å². The molecule has 0 amide bonds. The molecule has 13 heavy (non-hydrogen) atoms. The van der Waals surface area contributed by atoms with Crippen LogP contribution in [0.1, 0.15) is 5.56 Å². The highest BCUT2D eigenvalue weighted by Gasteiger charge is 2.02. The monoisotopic (exact) mass is 179 g/mol. The van der Waals surface area contributed by atoms with Crippen LogP contribution in [0.3, 0.4) is 0 Å². The molecule has 0 aliphatic rings. The number of halogens is 1. The maximum Gasteiger partial charge on any atom is 0.278 e. The predicted octanol–water partition coefficient (Wildman–Crippen LogP) is 2.38. The van der Waals surface area contributed by atoms with Gasteiger partial charge in [0.15, 0.2) is 0 Å². The minimum atomic E-state index is -0.618. The third kappa shape index (κ3) is 1.38. The summed E-state index contributed by atoms with van der Waals surface area (Å²) in [6.45, 7) is 0. The fraction of sp³-hybridized carbons (Fsp3) is 0.